The Labute approximate surface area is 252 Å². The lowest BCUT2D eigenvalue weighted by Gasteiger charge is -2.12. The molecule has 204 valence electrons. The minimum absolute atomic E-state index is 0.670. The van der Waals surface area contributed by atoms with E-state index >= 15 is 0 Å². The zero-order chi connectivity index (χ0) is 28.8. The third-order valence-corrected chi connectivity index (χ3v) is 9.08. The molecule has 0 radical (unpaired) electrons. The average Bonchev–Trinajstić information content (AvgIpc) is 3.60. The van der Waals surface area contributed by atoms with Crippen molar-refractivity contribution in [1.82, 2.24) is 18.9 Å². The SMILES string of the molecule is c1ccc(-c2nc(-n3c4cccc5c6ccccc6c6ccccc6n6c7ccccc7c3c6c54)nc3ccccc23)cc1. The first-order valence-corrected chi connectivity index (χ1v) is 15.0. The number of fused-ring (bicyclic) bond motifs is 9. The molecule has 0 aliphatic rings. The van der Waals surface area contributed by atoms with Crippen molar-refractivity contribution >= 4 is 70.8 Å². The van der Waals surface area contributed by atoms with Crippen LogP contribution in [-0.2, 0) is 0 Å². The molecule has 10 aromatic rings. The molecule has 44 heavy (non-hydrogen) atoms. The first-order chi connectivity index (χ1) is 21.9. The quantitative estimate of drug-likeness (QED) is 0.211. The fourth-order valence-electron chi connectivity index (χ4n) is 7.29. The molecule has 4 heterocycles. The maximum Gasteiger partial charge on any atom is 0.235 e. The molecule has 4 heteroatoms. The van der Waals surface area contributed by atoms with E-state index in [0.717, 1.165) is 33.2 Å². The molecule has 0 unspecified atom stereocenters. The Morgan fingerprint density at radius 3 is 1.75 bits per heavy atom. The van der Waals surface area contributed by atoms with Gasteiger partial charge in [-0.25, -0.2) is 9.97 Å². The third-order valence-electron chi connectivity index (χ3n) is 9.08. The summed E-state index contributed by atoms with van der Waals surface area (Å²) in [6, 6.07) is 51.7. The summed E-state index contributed by atoms with van der Waals surface area (Å²) < 4.78 is 4.75. The Balaban J connectivity index is 1.51. The Hall–Kier alpha value is -6.00. The predicted octanol–water partition coefficient (Wildman–Crippen LogP) is 10.1. The van der Waals surface area contributed by atoms with Crippen LogP contribution in [0.3, 0.4) is 0 Å². The van der Waals surface area contributed by atoms with Gasteiger partial charge in [0.2, 0.25) is 5.95 Å². The van der Waals surface area contributed by atoms with E-state index in [2.05, 4.69) is 148 Å². The predicted molar refractivity (Wildman–Crippen MR) is 183 cm³/mol. The van der Waals surface area contributed by atoms with Gasteiger partial charge in [0, 0.05) is 27.1 Å². The van der Waals surface area contributed by atoms with E-state index in [4.69, 9.17) is 9.97 Å². The van der Waals surface area contributed by atoms with Crippen molar-refractivity contribution in [3.05, 3.63) is 146 Å². The Bertz CT molecular complexity index is 2770. The summed E-state index contributed by atoms with van der Waals surface area (Å²) in [5.41, 5.74) is 8.65. The number of nitrogens with zero attached hydrogens (tertiary/aromatic N) is 4. The average molecular weight is 561 g/mol. The number of benzene rings is 6. The van der Waals surface area contributed by atoms with Crippen molar-refractivity contribution in [2.75, 3.05) is 0 Å². The van der Waals surface area contributed by atoms with E-state index in [1.54, 1.807) is 0 Å². The normalized spacial score (nSPS) is 12.1. The second-order valence-corrected chi connectivity index (χ2v) is 11.4. The highest BCUT2D eigenvalue weighted by molar-refractivity contribution is 6.29. The van der Waals surface area contributed by atoms with Gasteiger partial charge in [0.25, 0.3) is 0 Å². The van der Waals surface area contributed by atoms with Crippen LogP contribution in [0.4, 0.5) is 0 Å². The fourth-order valence-corrected chi connectivity index (χ4v) is 7.29. The fraction of sp³-hybridized carbons (Fsp3) is 0. The van der Waals surface area contributed by atoms with Gasteiger partial charge in [0.1, 0.15) is 0 Å². The van der Waals surface area contributed by atoms with Gasteiger partial charge >= 0.3 is 0 Å². The first-order valence-electron chi connectivity index (χ1n) is 15.0. The molecule has 0 amide bonds. The summed E-state index contributed by atoms with van der Waals surface area (Å²) in [6.45, 7) is 0. The van der Waals surface area contributed by atoms with Gasteiger partial charge in [-0.2, -0.15) is 0 Å². The minimum Gasteiger partial charge on any atom is -0.306 e. The van der Waals surface area contributed by atoms with E-state index in [0.29, 0.717) is 5.95 Å². The molecule has 10 rings (SSSR count). The van der Waals surface area contributed by atoms with E-state index in [-0.39, 0.29) is 0 Å². The van der Waals surface area contributed by atoms with Crippen molar-refractivity contribution in [3.63, 3.8) is 0 Å². The summed E-state index contributed by atoms with van der Waals surface area (Å²) in [7, 11) is 0. The van der Waals surface area contributed by atoms with Crippen molar-refractivity contribution < 1.29 is 0 Å². The summed E-state index contributed by atoms with van der Waals surface area (Å²) in [6.07, 6.45) is 0. The van der Waals surface area contributed by atoms with E-state index in [9.17, 15) is 0 Å². The summed E-state index contributed by atoms with van der Waals surface area (Å²) in [5, 5.41) is 8.30. The highest BCUT2D eigenvalue weighted by atomic mass is 15.2. The topological polar surface area (TPSA) is 35.1 Å². The standard InChI is InChI=1S/C40H24N4/c1-2-13-25(14-3-1)37-30-18-6-9-21-32(30)41-40(42-37)44-35-24-12-20-29-27-16-5-4-15-26(27)28-17-7-10-22-33(28)43-34-23-11-8-19-31(34)38(44)39(43)36(29)35/h1-24H. The molecule has 0 aliphatic heterocycles. The number of para-hydroxylation sites is 3. The molecule has 0 bridgehead atoms. The molecule has 0 aliphatic carbocycles. The summed E-state index contributed by atoms with van der Waals surface area (Å²) >= 11 is 0. The molecule has 0 N–H and O–H groups in total. The van der Waals surface area contributed by atoms with Crippen LogP contribution in [0.5, 0.6) is 0 Å². The first kappa shape index (κ1) is 23.6. The van der Waals surface area contributed by atoms with Gasteiger partial charge in [0.05, 0.1) is 38.8 Å². The van der Waals surface area contributed by atoms with Crippen molar-refractivity contribution in [2.45, 2.75) is 0 Å². The second-order valence-electron chi connectivity index (χ2n) is 11.4. The highest BCUT2D eigenvalue weighted by Gasteiger charge is 2.24. The lowest BCUT2D eigenvalue weighted by atomic mass is 10.0. The van der Waals surface area contributed by atoms with Crippen LogP contribution in [0.15, 0.2) is 146 Å². The van der Waals surface area contributed by atoms with Crippen LogP contribution in [0.25, 0.3) is 88.0 Å². The third kappa shape index (κ3) is 3.06. The summed E-state index contributed by atoms with van der Waals surface area (Å²) in [4.78, 5) is 10.6. The molecular weight excluding hydrogens is 536 g/mol. The molecule has 0 saturated heterocycles. The van der Waals surface area contributed by atoms with Gasteiger partial charge < -0.3 is 4.40 Å². The highest BCUT2D eigenvalue weighted by Crippen LogP contribution is 2.43. The van der Waals surface area contributed by atoms with Crippen LogP contribution in [0.1, 0.15) is 0 Å². The zero-order valence-electron chi connectivity index (χ0n) is 23.6. The molecular formula is C40H24N4. The Morgan fingerprint density at radius 1 is 0.386 bits per heavy atom. The molecule has 0 spiro atoms. The van der Waals surface area contributed by atoms with E-state index < -0.39 is 0 Å². The van der Waals surface area contributed by atoms with Crippen LogP contribution in [0.2, 0.25) is 0 Å². The molecule has 6 aromatic carbocycles. The molecule has 4 aromatic heterocycles. The molecule has 4 nitrogen and oxygen atoms in total. The Kier molecular flexibility index (Phi) is 4.69. The van der Waals surface area contributed by atoms with Crippen molar-refractivity contribution in [2.24, 2.45) is 0 Å². The van der Waals surface area contributed by atoms with Crippen molar-refractivity contribution in [1.29, 1.82) is 0 Å². The minimum atomic E-state index is 0.670. The maximum absolute atomic E-state index is 5.36. The number of aromatic nitrogens is 4. The summed E-state index contributed by atoms with van der Waals surface area (Å²) in [5.74, 6) is 0.670. The van der Waals surface area contributed by atoms with Gasteiger partial charge in [-0.1, -0.05) is 121 Å². The van der Waals surface area contributed by atoms with Crippen molar-refractivity contribution in [3.8, 4) is 17.2 Å². The van der Waals surface area contributed by atoms with Crippen LogP contribution < -0.4 is 0 Å². The maximum atomic E-state index is 5.36. The van der Waals surface area contributed by atoms with Crippen LogP contribution in [-0.4, -0.2) is 18.9 Å². The molecule has 0 atom stereocenters. The number of hydrogen-bond donors (Lipinski definition) is 0. The molecule has 0 fully saturated rings. The second kappa shape index (κ2) is 8.76. The monoisotopic (exact) mass is 560 g/mol. The lowest BCUT2D eigenvalue weighted by molar-refractivity contribution is 1.02. The van der Waals surface area contributed by atoms with Crippen LogP contribution in [0, 0.1) is 0 Å². The van der Waals surface area contributed by atoms with Gasteiger partial charge in [-0.05, 0) is 40.4 Å². The smallest absolute Gasteiger partial charge is 0.235 e. The molecule has 0 saturated carbocycles. The van der Waals surface area contributed by atoms with Crippen LogP contribution >= 0.6 is 0 Å². The van der Waals surface area contributed by atoms with Gasteiger partial charge in [-0.3, -0.25) is 4.57 Å². The number of hydrogen-bond acceptors (Lipinski definition) is 2. The van der Waals surface area contributed by atoms with E-state index in [1.165, 1.54) is 48.9 Å². The van der Waals surface area contributed by atoms with E-state index in [1.807, 2.05) is 6.07 Å². The Morgan fingerprint density at radius 2 is 0.955 bits per heavy atom. The zero-order valence-corrected chi connectivity index (χ0v) is 23.6. The largest absolute Gasteiger partial charge is 0.306 e. The number of rotatable bonds is 2. The van der Waals surface area contributed by atoms with Gasteiger partial charge in [0.15, 0.2) is 0 Å². The lowest BCUT2D eigenvalue weighted by Crippen LogP contribution is -2.03. The van der Waals surface area contributed by atoms with Gasteiger partial charge in [-0.15, -0.1) is 0 Å².